The van der Waals surface area contributed by atoms with Crippen molar-refractivity contribution in [3.8, 4) is 0 Å². The molecule has 0 N–H and O–H groups in total. The lowest BCUT2D eigenvalue weighted by molar-refractivity contribution is -0.0334. The average molecular weight is 208 g/mol. The Labute approximate surface area is 90.0 Å². The predicted molar refractivity (Wildman–Crippen MR) is 58.1 cm³/mol. The van der Waals surface area contributed by atoms with Crippen LogP contribution in [0.2, 0.25) is 0 Å². The van der Waals surface area contributed by atoms with Crippen LogP contribution in [-0.4, -0.2) is 32.2 Å². The van der Waals surface area contributed by atoms with Crippen LogP contribution in [0.5, 0.6) is 0 Å². The third kappa shape index (κ3) is 5.30. The monoisotopic (exact) mass is 208 g/mol. The summed E-state index contributed by atoms with van der Waals surface area (Å²) in [5.74, 6) is 0.121. The molecule has 0 atom stereocenters. The molecule has 1 aliphatic rings. The number of benzene rings is 1. The quantitative estimate of drug-likeness (QED) is 0.661. The summed E-state index contributed by atoms with van der Waals surface area (Å²) in [6.07, 6.45) is 0. The molecule has 3 heteroatoms. The lowest BCUT2D eigenvalue weighted by Crippen LogP contribution is -2.16. The average Bonchev–Trinajstić information content (AvgIpc) is 2.33. The number of ether oxygens (including phenoxy) is 2. The van der Waals surface area contributed by atoms with E-state index in [2.05, 4.69) is 0 Å². The number of hydrogen-bond acceptors (Lipinski definition) is 3. The van der Waals surface area contributed by atoms with Crippen LogP contribution in [0.4, 0.5) is 0 Å². The zero-order valence-electron chi connectivity index (χ0n) is 8.94. The van der Waals surface area contributed by atoms with Gasteiger partial charge in [0.1, 0.15) is 0 Å². The fourth-order valence-corrected chi connectivity index (χ4v) is 1.11. The molecule has 0 saturated carbocycles. The van der Waals surface area contributed by atoms with Gasteiger partial charge in [-0.3, -0.25) is 4.79 Å². The normalized spacial score (nSPS) is 15.0. The molecular formula is C12H16O3. The Morgan fingerprint density at radius 3 is 1.73 bits per heavy atom. The third-order valence-corrected chi connectivity index (χ3v) is 1.92. The second-order valence-corrected chi connectivity index (χ2v) is 3.15. The van der Waals surface area contributed by atoms with E-state index in [-0.39, 0.29) is 5.78 Å². The summed E-state index contributed by atoms with van der Waals surface area (Å²) >= 11 is 0. The smallest absolute Gasteiger partial charge is 0.159 e. The van der Waals surface area contributed by atoms with Crippen LogP contribution >= 0.6 is 0 Å². The topological polar surface area (TPSA) is 35.5 Å². The van der Waals surface area contributed by atoms with E-state index in [1.54, 1.807) is 6.92 Å². The first-order valence-electron chi connectivity index (χ1n) is 5.02. The van der Waals surface area contributed by atoms with Crippen LogP contribution in [0.25, 0.3) is 0 Å². The lowest BCUT2D eigenvalue weighted by Gasteiger charge is -2.09. The van der Waals surface area contributed by atoms with Crippen molar-refractivity contribution in [2.75, 3.05) is 26.4 Å². The number of ketones is 1. The molecule has 0 radical (unpaired) electrons. The van der Waals surface area contributed by atoms with Gasteiger partial charge in [0.25, 0.3) is 0 Å². The van der Waals surface area contributed by atoms with Crippen LogP contribution in [-0.2, 0) is 9.47 Å². The van der Waals surface area contributed by atoms with Crippen LogP contribution in [0.3, 0.4) is 0 Å². The van der Waals surface area contributed by atoms with Crippen LogP contribution < -0.4 is 0 Å². The van der Waals surface area contributed by atoms with Gasteiger partial charge in [-0.15, -0.1) is 0 Å². The zero-order valence-corrected chi connectivity index (χ0v) is 8.94. The van der Waals surface area contributed by atoms with Gasteiger partial charge in [0.15, 0.2) is 5.78 Å². The molecule has 1 aromatic carbocycles. The maximum atomic E-state index is 10.6. The highest BCUT2D eigenvalue weighted by molar-refractivity contribution is 5.93. The summed E-state index contributed by atoms with van der Waals surface area (Å²) in [4.78, 5) is 10.6. The number of hydrogen-bond donors (Lipinski definition) is 0. The Kier molecular flexibility index (Phi) is 5.66. The molecule has 82 valence electrons. The Morgan fingerprint density at radius 2 is 1.47 bits per heavy atom. The molecular weight excluding hydrogens is 192 g/mol. The summed E-state index contributed by atoms with van der Waals surface area (Å²) in [5.41, 5.74) is 0.775. The van der Waals surface area contributed by atoms with Gasteiger partial charge in [0, 0.05) is 5.56 Å². The van der Waals surface area contributed by atoms with Crippen LogP contribution in [0, 0.1) is 0 Å². The van der Waals surface area contributed by atoms with Gasteiger partial charge >= 0.3 is 0 Å². The van der Waals surface area contributed by atoms with E-state index in [1.807, 2.05) is 30.3 Å². The molecule has 0 bridgehead atoms. The molecule has 2 rings (SSSR count). The molecule has 1 saturated heterocycles. The van der Waals surface area contributed by atoms with Gasteiger partial charge < -0.3 is 9.47 Å². The van der Waals surface area contributed by atoms with Crippen molar-refractivity contribution >= 4 is 5.78 Å². The molecule has 0 aromatic heterocycles. The Hall–Kier alpha value is -1.19. The minimum absolute atomic E-state index is 0.121. The van der Waals surface area contributed by atoms with E-state index in [0.29, 0.717) is 0 Å². The number of Topliss-reactive ketones (excluding diaryl/α,β-unsaturated/α-hetero) is 1. The molecule has 1 aromatic rings. The summed E-state index contributed by atoms with van der Waals surface area (Å²) in [6.45, 7) is 4.68. The highest BCUT2D eigenvalue weighted by Crippen LogP contribution is 1.97. The van der Waals surface area contributed by atoms with E-state index in [1.165, 1.54) is 0 Å². The standard InChI is InChI=1S/C8H8O.C4H8O2/c1-7(9)8-5-3-2-4-6-8;1-2-6-4-3-5-1/h2-6H,1H3;1-4H2. The van der Waals surface area contributed by atoms with Crippen molar-refractivity contribution in [1.82, 2.24) is 0 Å². The predicted octanol–water partition coefficient (Wildman–Crippen LogP) is 1.92. The summed E-state index contributed by atoms with van der Waals surface area (Å²) < 4.78 is 9.89. The van der Waals surface area contributed by atoms with Crippen molar-refractivity contribution < 1.29 is 14.3 Å². The fraction of sp³-hybridized carbons (Fsp3) is 0.417. The molecule has 1 aliphatic heterocycles. The van der Waals surface area contributed by atoms with Gasteiger partial charge in [-0.25, -0.2) is 0 Å². The second-order valence-electron chi connectivity index (χ2n) is 3.15. The van der Waals surface area contributed by atoms with Gasteiger partial charge in [0.2, 0.25) is 0 Å². The first-order valence-corrected chi connectivity index (χ1v) is 5.02. The molecule has 1 fully saturated rings. The molecule has 0 amide bonds. The van der Waals surface area contributed by atoms with Crippen molar-refractivity contribution in [1.29, 1.82) is 0 Å². The van der Waals surface area contributed by atoms with Crippen molar-refractivity contribution in [3.05, 3.63) is 35.9 Å². The van der Waals surface area contributed by atoms with E-state index in [9.17, 15) is 4.79 Å². The minimum Gasteiger partial charge on any atom is -0.377 e. The molecule has 1 heterocycles. The Bertz CT molecular complexity index is 267. The first kappa shape index (κ1) is 11.9. The van der Waals surface area contributed by atoms with E-state index in [0.717, 1.165) is 32.0 Å². The van der Waals surface area contributed by atoms with Gasteiger partial charge in [0.05, 0.1) is 26.4 Å². The van der Waals surface area contributed by atoms with Crippen molar-refractivity contribution in [3.63, 3.8) is 0 Å². The van der Waals surface area contributed by atoms with Gasteiger partial charge in [-0.2, -0.15) is 0 Å². The fourth-order valence-electron chi connectivity index (χ4n) is 1.11. The first-order chi connectivity index (χ1) is 7.30. The minimum atomic E-state index is 0.121. The molecule has 0 unspecified atom stereocenters. The Balaban J connectivity index is 0.000000162. The SMILES string of the molecule is C1COCCO1.CC(=O)c1ccccc1. The molecule has 0 aliphatic carbocycles. The molecule has 15 heavy (non-hydrogen) atoms. The number of rotatable bonds is 1. The maximum absolute atomic E-state index is 10.6. The van der Waals surface area contributed by atoms with E-state index >= 15 is 0 Å². The van der Waals surface area contributed by atoms with Gasteiger partial charge in [-0.05, 0) is 6.92 Å². The van der Waals surface area contributed by atoms with Gasteiger partial charge in [-0.1, -0.05) is 30.3 Å². The van der Waals surface area contributed by atoms with E-state index < -0.39 is 0 Å². The lowest BCUT2D eigenvalue weighted by atomic mass is 10.2. The number of carbonyl (C=O) groups excluding carboxylic acids is 1. The summed E-state index contributed by atoms with van der Waals surface area (Å²) in [7, 11) is 0. The van der Waals surface area contributed by atoms with Crippen molar-refractivity contribution in [2.24, 2.45) is 0 Å². The third-order valence-electron chi connectivity index (χ3n) is 1.92. The molecule has 3 nitrogen and oxygen atoms in total. The highest BCUT2D eigenvalue weighted by atomic mass is 16.6. The summed E-state index contributed by atoms with van der Waals surface area (Å²) in [6, 6.07) is 9.23. The summed E-state index contributed by atoms with van der Waals surface area (Å²) in [5, 5.41) is 0. The second kappa shape index (κ2) is 7.15. The number of carbonyl (C=O) groups is 1. The largest absolute Gasteiger partial charge is 0.377 e. The highest BCUT2D eigenvalue weighted by Gasteiger charge is 1.94. The van der Waals surface area contributed by atoms with Crippen LogP contribution in [0.15, 0.2) is 30.3 Å². The Morgan fingerprint density at radius 1 is 1.00 bits per heavy atom. The van der Waals surface area contributed by atoms with E-state index in [4.69, 9.17) is 9.47 Å². The van der Waals surface area contributed by atoms with Crippen LogP contribution in [0.1, 0.15) is 17.3 Å². The molecule has 0 spiro atoms. The van der Waals surface area contributed by atoms with Crippen molar-refractivity contribution in [2.45, 2.75) is 6.92 Å². The zero-order chi connectivity index (χ0) is 10.9. The maximum Gasteiger partial charge on any atom is 0.159 e.